The summed E-state index contributed by atoms with van der Waals surface area (Å²) < 4.78 is 16.8. The zero-order valence-corrected chi connectivity index (χ0v) is 16.8. The molecule has 0 radical (unpaired) electrons. The summed E-state index contributed by atoms with van der Waals surface area (Å²) in [5.74, 6) is 1.58. The summed E-state index contributed by atoms with van der Waals surface area (Å²) in [5.41, 5.74) is 3.77. The van der Waals surface area contributed by atoms with Crippen LogP contribution in [0.2, 0.25) is 0 Å². The van der Waals surface area contributed by atoms with Crippen molar-refractivity contribution >= 4 is 21.8 Å². The third-order valence-corrected chi connectivity index (χ3v) is 5.51. The van der Waals surface area contributed by atoms with Crippen LogP contribution >= 0.6 is 15.9 Å². The van der Waals surface area contributed by atoms with Gasteiger partial charge in [0, 0.05) is 24.8 Å². The van der Waals surface area contributed by atoms with E-state index in [1.54, 1.807) is 14.2 Å². The lowest BCUT2D eigenvalue weighted by atomic mass is 10.1. The molecule has 1 heterocycles. The molecule has 0 spiro atoms. The molecule has 0 saturated carbocycles. The summed E-state index contributed by atoms with van der Waals surface area (Å²) in [6.45, 7) is 3.30. The minimum absolute atomic E-state index is 0.0476. The van der Waals surface area contributed by atoms with E-state index in [2.05, 4.69) is 15.9 Å². The quantitative estimate of drug-likeness (QED) is 0.637. The summed E-state index contributed by atoms with van der Waals surface area (Å²) in [6, 6.07) is 9.86. The van der Waals surface area contributed by atoms with E-state index in [-0.39, 0.29) is 12.7 Å². The second kappa shape index (κ2) is 8.10. The largest absolute Gasteiger partial charge is 0.497 e. The van der Waals surface area contributed by atoms with Crippen LogP contribution in [-0.4, -0.2) is 38.4 Å². The fraction of sp³-hybridized carbons (Fsp3) is 0.350. The van der Waals surface area contributed by atoms with Gasteiger partial charge in [0.15, 0.2) is 6.79 Å². The molecule has 5 nitrogen and oxygen atoms in total. The Labute approximate surface area is 162 Å². The molecule has 138 valence electrons. The number of amides is 1. The highest BCUT2D eigenvalue weighted by atomic mass is 79.9. The van der Waals surface area contributed by atoms with Crippen LogP contribution in [0, 0.1) is 6.92 Å². The molecule has 1 amide bonds. The van der Waals surface area contributed by atoms with Crippen LogP contribution in [0.4, 0.5) is 0 Å². The van der Waals surface area contributed by atoms with Crippen molar-refractivity contribution in [1.82, 2.24) is 4.90 Å². The first-order valence-electron chi connectivity index (χ1n) is 8.41. The Morgan fingerprint density at radius 1 is 1.19 bits per heavy atom. The van der Waals surface area contributed by atoms with Crippen LogP contribution in [0.1, 0.15) is 27.0 Å². The van der Waals surface area contributed by atoms with E-state index in [0.717, 1.165) is 27.8 Å². The lowest BCUT2D eigenvalue weighted by Gasteiger charge is -2.16. The molecule has 2 aromatic rings. The van der Waals surface area contributed by atoms with Crippen molar-refractivity contribution in [3.8, 4) is 11.5 Å². The number of carbonyl (C=O) groups is 1. The fourth-order valence-electron chi connectivity index (χ4n) is 3.09. The topological polar surface area (TPSA) is 48.0 Å². The first-order chi connectivity index (χ1) is 12.5. The van der Waals surface area contributed by atoms with Gasteiger partial charge in [-0.3, -0.25) is 4.79 Å². The summed E-state index contributed by atoms with van der Waals surface area (Å²) in [7, 11) is 3.23. The van der Waals surface area contributed by atoms with Crippen molar-refractivity contribution in [3.05, 3.63) is 57.1 Å². The predicted molar refractivity (Wildman–Crippen MR) is 103 cm³/mol. The van der Waals surface area contributed by atoms with Crippen LogP contribution in [0.5, 0.6) is 11.5 Å². The Bertz CT molecular complexity index is 804. The maximum atomic E-state index is 12.8. The van der Waals surface area contributed by atoms with Gasteiger partial charge in [-0.2, -0.15) is 0 Å². The minimum Gasteiger partial charge on any atom is -0.497 e. The molecule has 0 saturated heterocycles. The average Bonchev–Trinajstić information content (AvgIpc) is 2.96. The summed E-state index contributed by atoms with van der Waals surface area (Å²) in [6.07, 6.45) is 0.790. The minimum atomic E-state index is 0.0476. The molecule has 0 fully saturated rings. The van der Waals surface area contributed by atoms with Crippen LogP contribution < -0.4 is 9.47 Å². The van der Waals surface area contributed by atoms with Gasteiger partial charge in [-0.15, -0.1) is 0 Å². The van der Waals surface area contributed by atoms with E-state index >= 15 is 0 Å². The highest BCUT2D eigenvalue weighted by Gasteiger charge is 2.31. The van der Waals surface area contributed by atoms with Gasteiger partial charge < -0.3 is 19.1 Å². The highest BCUT2D eigenvalue weighted by Crippen LogP contribution is 2.39. The van der Waals surface area contributed by atoms with E-state index in [1.165, 1.54) is 5.56 Å². The van der Waals surface area contributed by atoms with Crippen molar-refractivity contribution < 1.29 is 19.0 Å². The number of ether oxygens (including phenoxy) is 3. The van der Waals surface area contributed by atoms with Crippen molar-refractivity contribution in [1.29, 1.82) is 0 Å². The molecule has 6 heteroatoms. The molecule has 26 heavy (non-hydrogen) atoms. The Balaban J connectivity index is 1.76. The molecule has 0 bridgehead atoms. The van der Waals surface area contributed by atoms with Gasteiger partial charge in [-0.1, -0.05) is 12.1 Å². The smallest absolute Gasteiger partial charge is 0.254 e. The van der Waals surface area contributed by atoms with Crippen LogP contribution in [0.25, 0.3) is 0 Å². The van der Waals surface area contributed by atoms with Crippen LogP contribution in [-0.2, 0) is 17.7 Å². The van der Waals surface area contributed by atoms with Crippen molar-refractivity contribution in [2.75, 3.05) is 27.6 Å². The van der Waals surface area contributed by atoms with Gasteiger partial charge in [-0.05, 0) is 58.6 Å². The Kier molecular flexibility index (Phi) is 5.84. The summed E-state index contributed by atoms with van der Waals surface area (Å²) >= 11 is 3.57. The third-order valence-electron chi connectivity index (χ3n) is 4.52. The number of hydrogen-bond donors (Lipinski definition) is 0. The summed E-state index contributed by atoms with van der Waals surface area (Å²) in [5, 5.41) is 0. The summed E-state index contributed by atoms with van der Waals surface area (Å²) in [4.78, 5) is 14.7. The predicted octanol–water partition coefficient (Wildman–Crippen LogP) is 3.95. The number of nitrogens with zero attached hydrogens (tertiary/aromatic N) is 1. The first kappa shape index (κ1) is 18.7. The second-order valence-electron chi connectivity index (χ2n) is 6.24. The molecule has 3 rings (SSSR count). The van der Waals surface area contributed by atoms with Gasteiger partial charge in [0.1, 0.15) is 11.5 Å². The second-order valence-corrected chi connectivity index (χ2v) is 7.03. The fourth-order valence-corrected chi connectivity index (χ4v) is 3.56. The molecule has 0 N–H and O–H groups in total. The van der Waals surface area contributed by atoms with Crippen LogP contribution in [0.15, 0.2) is 34.8 Å². The van der Waals surface area contributed by atoms with Gasteiger partial charge in [0.2, 0.25) is 0 Å². The SMILES string of the molecule is COCOc1c(Br)c(C)cc2c1CN(CCc1ccc(OC)cc1)C2=O. The molecule has 0 unspecified atom stereocenters. The van der Waals surface area contributed by atoms with E-state index in [4.69, 9.17) is 14.2 Å². The number of benzene rings is 2. The number of rotatable bonds is 7. The van der Waals surface area contributed by atoms with Gasteiger partial charge in [0.25, 0.3) is 5.91 Å². The number of halogens is 1. The van der Waals surface area contributed by atoms with Gasteiger partial charge in [0.05, 0.1) is 18.1 Å². The average molecular weight is 420 g/mol. The number of fused-ring (bicyclic) bond motifs is 1. The molecule has 0 atom stereocenters. The highest BCUT2D eigenvalue weighted by molar-refractivity contribution is 9.10. The lowest BCUT2D eigenvalue weighted by Crippen LogP contribution is -2.26. The molecule has 0 aliphatic carbocycles. The number of aryl methyl sites for hydroxylation is 1. The number of hydrogen-bond acceptors (Lipinski definition) is 4. The first-order valence-corrected chi connectivity index (χ1v) is 9.20. The van der Waals surface area contributed by atoms with Crippen molar-refractivity contribution in [2.24, 2.45) is 0 Å². The number of carbonyl (C=O) groups excluding carboxylic acids is 1. The van der Waals surface area contributed by atoms with Gasteiger partial charge in [-0.25, -0.2) is 0 Å². The van der Waals surface area contributed by atoms with E-state index in [9.17, 15) is 4.79 Å². The standard InChI is InChI=1S/C20H22BrNO4/c1-13-10-16-17(19(18(13)21)26-12-24-2)11-22(20(16)23)9-8-14-4-6-15(25-3)7-5-14/h4-7,10H,8-9,11-12H2,1-3H3. The van der Waals surface area contributed by atoms with Crippen molar-refractivity contribution in [2.45, 2.75) is 19.9 Å². The van der Waals surface area contributed by atoms with E-state index in [0.29, 0.717) is 24.4 Å². The Morgan fingerprint density at radius 3 is 2.58 bits per heavy atom. The molecule has 1 aliphatic heterocycles. The normalized spacial score (nSPS) is 13.1. The monoisotopic (exact) mass is 419 g/mol. The van der Waals surface area contributed by atoms with Crippen LogP contribution in [0.3, 0.4) is 0 Å². The third kappa shape index (κ3) is 3.71. The molecular formula is C20H22BrNO4. The lowest BCUT2D eigenvalue weighted by molar-refractivity contribution is 0.0496. The Morgan fingerprint density at radius 2 is 1.92 bits per heavy atom. The maximum absolute atomic E-state index is 12.8. The van der Waals surface area contributed by atoms with Gasteiger partial charge >= 0.3 is 0 Å². The van der Waals surface area contributed by atoms with E-state index in [1.807, 2.05) is 42.2 Å². The number of methoxy groups -OCH3 is 2. The zero-order valence-electron chi connectivity index (χ0n) is 15.2. The zero-order chi connectivity index (χ0) is 18.7. The molecule has 2 aromatic carbocycles. The van der Waals surface area contributed by atoms with E-state index < -0.39 is 0 Å². The molecular weight excluding hydrogens is 398 g/mol. The molecule has 1 aliphatic rings. The Hall–Kier alpha value is -2.05. The van der Waals surface area contributed by atoms with Crippen molar-refractivity contribution in [3.63, 3.8) is 0 Å². The molecule has 0 aromatic heterocycles. The maximum Gasteiger partial charge on any atom is 0.254 e.